The number of rotatable bonds is 4. The van der Waals surface area contributed by atoms with Gasteiger partial charge >= 0.3 is 0 Å². The molecule has 1 saturated carbocycles. The normalized spacial score (nSPS) is 27.9. The fourth-order valence-corrected chi connectivity index (χ4v) is 9.52. The van der Waals surface area contributed by atoms with Crippen LogP contribution in [0.1, 0.15) is 29.9 Å². The quantitative estimate of drug-likeness (QED) is 0.168. The van der Waals surface area contributed by atoms with Gasteiger partial charge in [-0.25, -0.2) is 4.90 Å². The summed E-state index contributed by atoms with van der Waals surface area (Å²) in [6, 6.07) is 28.0. The van der Waals surface area contributed by atoms with Crippen molar-refractivity contribution in [1.82, 2.24) is 0 Å². The monoisotopic (exact) mass is 784 g/mol. The molecule has 1 N–H and O–H groups in total. The molecule has 240 valence electrons. The Balaban J connectivity index is 1.36. The van der Waals surface area contributed by atoms with Gasteiger partial charge in [-0.05, 0) is 85.0 Å². The maximum atomic E-state index is 15.3. The van der Waals surface area contributed by atoms with Gasteiger partial charge in [0, 0.05) is 25.4 Å². The van der Waals surface area contributed by atoms with E-state index in [4.69, 9.17) is 11.6 Å². The minimum atomic E-state index is -1.47. The van der Waals surface area contributed by atoms with Gasteiger partial charge in [-0.3, -0.25) is 24.1 Å². The predicted molar refractivity (Wildman–Crippen MR) is 189 cm³/mol. The van der Waals surface area contributed by atoms with Crippen LogP contribution < -0.4 is 9.80 Å². The molecule has 4 aliphatic rings. The first-order valence-electron chi connectivity index (χ1n) is 15.6. The maximum Gasteiger partial charge on any atom is 0.246 e. The Hall–Kier alpha value is -4.05. The van der Waals surface area contributed by atoms with Crippen molar-refractivity contribution in [3.05, 3.63) is 134 Å². The zero-order valence-corrected chi connectivity index (χ0v) is 29.2. The second kappa shape index (κ2) is 11.5. The molecule has 2 saturated heterocycles. The van der Waals surface area contributed by atoms with Gasteiger partial charge in [-0.15, -0.1) is 0 Å². The lowest BCUT2D eigenvalue weighted by molar-refractivity contribution is -0.127. The van der Waals surface area contributed by atoms with Crippen LogP contribution in [0.5, 0.6) is 5.75 Å². The third-order valence-corrected chi connectivity index (χ3v) is 11.8. The summed E-state index contributed by atoms with van der Waals surface area (Å²) < 4.78 is 1.50. The fourth-order valence-electron chi connectivity index (χ4n) is 8.69. The number of phenols is 1. The molecule has 2 heterocycles. The highest BCUT2D eigenvalue weighted by molar-refractivity contribution is 9.10. The van der Waals surface area contributed by atoms with Gasteiger partial charge in [-0.2, -0.15) is 0 Å². The molecule has 8 rings (SSSR count). The molecule has 0 unspecified atom stereocenters. The lowest BCUT2D eigenvalue weighted by Crippen LogP contribution is -2.53. The fraction of sp³-hybridized carbons (Fsp3) is 0.211. The molecule has 0 bridgehead atoms. The number of carbonyl (C=O) groups excluding carboxylic acids is 4. The number of allylic oxidation sites excluding steroid dienone is 2. The Labute approximate surface area is 298 Å². The summed E-state index contributed by atoms with van der Waals surface area (Å²) >= 11 is 13.4. The highest BCUT2D eigenvalue weighted by atomic mass is 79.9. The molecule has 4 aromatic carbocycles. The van der Waals surface area contributed by atoms with Crippen LogP contribution in [0.25, 0.3) is 0 Å². The Morgan fingerprint density at radius 2 is 1.46 bits per heavy atom. The number of hydrogen-bond donors (Lipinski definition) is 1. The van der Waals surface area contributed by atoms with Crippen LogP contribution in [0, 0.1) is 23.7 Å². The number of nitrogens with zero attached hydrogens (tertiary/aromatic N) is 2. The average Bonchev–Trinajstić information content (AvgIpc) is 3.47. The van der Waals surface area contributed by atoms with Crippen LogP contribution in [-0.4, -0.2) is 28.7 Å². The number of halogens is 3. The molecule has 10 heteroatoms. The molecule has 0 radical (unpaired) electrons. The minimum Gasteiger partial charge on any atom is -0.508 e. The number of benzene rings is 4. The van der Waals surface area contributed by atoms with Crippen molar-refractivity contribution >= 4 is 78.5 Å². The molecular formula is C38H27Br2ClN2O5. The van der Waals surface area contributed by atoms with E-state index in [1.54, 1.807) is 66.7 Å². The largest absolute Gasteiger partial charge is 0.508 e. The predicted octanol–water partition coefficient (Wildman–Crippen LogP) is 7.94. The molecule has 0 spiro atoms. The number of amides is 4. The topological polar surface area (TPSA) is 95.0 Å². The van der Waals surface area contributed by atoms with E-state index in [1.165, 1.54) is 9.80 Å². The lowest BCUT2D eigenvalue weighted by Gasteiger charge is -2.50. The van der Waals surface area contributed by atoms with Crippen LogP contribution in [0.3, 0.4) is 0 Å². The second-order valence-corrected chi connectivity index (χ2v) is 15.1. The molecule has 0 aromatic heterocycles. The van der Waals surface area contributed by atoms with E-state index in [-0.39, 0.29) is 30.4 Å². The van der Waals surface area contributed by atoms with Crippen molar-refractivity contribution in [2.45, 2.75) is 24.2 Å². The van der Waals surface area contributed by atoms with Crippen molar-refractivity contribution in [2.24, 2.45) is 23.7 Å². The van der Waals surface area contributed by atoms with Gasteiger partial charge in [0.2, 0.25) is 23.6 Å². The van der Waals surface area contributed by atoms with Crippen molar-refractivity contribution in [3.8, 4) is 5.75 Å². The lowest BCUT2D eigenvalue weighted by atomic mass is 9.49. The molecule has 2 aliphatic heterocycles. The van der Waals surface area contributed by atoms with Gasteiger partial charge in [0.25, 0.3) is 0 Å². The Morgan fingerprint density at radius 1 is 0.729 bits per heavy atom. The smallest absolute Gasteiger partial charge is 0.246 e. The van der Waals surface area contributed by atoms with Crippen LogP contribution in [-0.2, 0) is 24.6 Å². The third-order valence-electron chi connectivity index (χ3n) is 10.6. The first kappa shape index (κ1) is 31.2. The van der Waals surface area contributed by atoms with Crippen molar-refractivity contribution < 1.29 is 24.3 Å². The van der Waals surface area contributed by atoms with E-state index in [0.717, 1.165) is 10.0 Å². The van der Waals surface area contributed by atoms with E-state index in [1.807, 2.05) is 36.4 Å². The third kappa shape index (κ3) is 4.43. The number of anilines is 2. The van der Waals surface area contributed by atoms with Crippen molar-refractivity contribution in [1.29, 1.82) is 0 Å². The standard InChI is InChI=1S/C38H27Br2ClN2O5/c39-21-9-12-24(13-10-21)42-34(45)27-15-14-26-28(32(27)36(42)47)19-30-35(46)43(25-8-4-7-23(41)18-25)37(48)38(30,20-5-2-1-3-6-20)33(26)29-17-22(40)11-16-31(29)44/h1-14,16-18,27-28,30,32-33,44H,15,19H2/t27-,28+,30-,32-,33+,38+/m0/s1. The molecule has 4 amide bonds. The highest BCUT2D eigenvalue weighted by Gasteiger charge is 2.70. The van der Waals surface area contributed by atoms with Crippen LogP contribution in [0.15, 0.2) is 118 Å². The van der Waals surface area contributed by atoms with Gasteiger partial charge in [-0.1, -0.05) is 91.5 Å². The first-order valence-corrected chi connectivity index (χ1v) is 17.6. The minimum absolute atomic E-state index is 0.0345. The summed E-state index contributed by atoms with van der Waals surface area (Å²) in [5, 5.41) is 11.9. The number of fused-ring (bicyclic) bond motifs is 4. The number of aromatic hydroxyl groups is 1. The molecule has 4 aromatic rings. The van der Waals surface area contributed by atoms with Crippen molar-refractivity contribution in [2.75, 3.05) is 9.80 Å². The summed E-state index contributed by atoms with van der Waals surface area (Å²) in [5.41, 5.74) is 1.24. The summed E-state index contributed by atoms with van der Waals surface area (Å²) in [7, 11) is 0. The van der Waals surface area contributed by atoms with Crippen LogP contribution in [0.4, 0.5) is 11.4 Å². The molecule has 3 fully saturated rings. The van der Waals surface area contributed by atoms with Crippen LogP contribution in [0.2, 0.25) is 5.02 Å². The number of phenolic OH excluding ortho intramolecular Hbond substituents is 1. The van der Waals surface area contributed by atoms with Crippen molar-refractivity contribution in [3.63, 3.8) is 0 Å². The first-order chi connectivity index (χ1) is 23.1. The Kier molecular flexibility index (Phi) is 7.50. The Morgan fingerprint density at radius 3 is 2.19 bits per heavy atom. The number of imide groups is 2. The van der Waals surface area contributed by atoms with E-state index in [0.29, 0.717) is 32.0 Å². The SMILES string of the molecule is O=C1[C@H]2[C@H](CC=C3[C@H]2C[C@H]2C(=O)N(c4cccc(Cl)c4)C(=O)[C@@]2(c2ccccc2)[C@H]3c2cc(Br)ccc2O)C(=O)N1c1ccc(Br)cc1. The number of carbonyl (C=O) groups is 4. The Bertz CT molecular complexity index is 2070. The van der Waals surface area contributed by atoms with Gasteiger partial charge in [0.15, 0.2) is 0 Å². The average molecular weight is 787 g/mol. The van der Waals surface area contributed by atoms with Gasteiger partial charge < -0.3 is 5.11 Å². The van der Waals surface area contributed by atoms with E-state index >= 15 is 4.79 Å². The van der Waals surface area contributed by atoms with E-state index < -0.39 is 46.8 Å². The van der Waals surface area contributed by atoms with E-state index in [9.17, 15) is 19.5 Å². The summed E-state index contributed by atoms with van der Waals surface area (Å²) in [4.78, 5) is 60.9. The molecule has 2 aliphatic carbocycles. The van der Waals surface area contributed by atoms with E-state index in [2.05, 4.69) is 31.9 Å². The zero-order valence-electron chi connectivity index (χ0n) is 25.2. The maximum absolute atomic E-state index is 15.3. The molecule has 7 nitrogen and oxygen atoms in total. The zero-order chi connectivity index (χ0) is 33.5. The van der Waals surface area contributed by atoms with Crippen LogP contribution >= 0.6 is 43.5 Å². The molecular weight excluding hydrogens is 760 g/mol. The number of hydrogen-bond acceptors (Lipinski definition) is 5. The summed E-state index contributed by atoms with van der Waals surface area (Å²) in [5.74, 6) is -5.12. The van der Waals surface area contributed by atoms with Gasteiger partial charge in [0.1, 0.15) is 5.75 Å². The summed E-state index contributed by atoms with van der Waals surface area (Å²) in [6.45, 7) is 0. The molecule has 6 atom stereocenters. The van der Waals surface area contributed by atoms with Gasteiger partial charge in [0.05, 0.1) is 34.5 Å². The summed E-state index contributed by atoms with van der Waals surface area (Å²) in [6.07, 6.45) is 2.44. The molecule has 48 heavy (non-hydrogen) atoms. The second-order valence-electron chi connectivity index (χ2n) is 12.8. The highest BCUT2D eigenvalue weighted by Crippen LogP contribution is 2.65.